The Morgan fingerprint density at radius 1 is 0.487 bits per heavy atom. The van der Waals surface area contributed by atoms with Crippen LogP contribution in [0.3, 0.4) is 0 Å². The molecule has 1 rings (SSSR count). The minimum Gasteiger partial charge on any atom is -0.488 e. The molecule has 1 aromatic rings. The Morgan fingerprint density at radius 2 is 0.846 bits per heavy atom. The summed E-state index contributed by atoms with van der Waals surface area (Å²) in [7, 11) is 0. The van der Waals surface area contributed by atoms with Crippen LogP contribution < -0.4 is 9.47 Å². The summed E-state index contributed by atoms with van der Waals surface area (Å²) in [5, 5.41) is 19.7. The summed E-state index contributed by atoms with van der Waals surface area (Å²) in [4.78, 5) is 0.395. The Morgan fingerprint density at radius 3 is 1.21 bits per heavy atom. The maximum atomic E-state index is 9.60. The fourth-order valence-corrected chi connectivity index (χ4v) is 5.89. The lowest BCUT2D eigenvalue weighted by molar-refractivity contribution is 0.264. The van der Waals surface area contributed by atoms with Gasteiger partial charge in [-0.25, -0.2) is 0 Å². The van der Waals surface area contributed by atoms with Crippen molar-refractivity contribution >= 4 is 11.3 Å². The van der Waals surface area contributed by atoms with Crippen LogP contribution in [0.4, 0.5) is 0 Å². The zero-order valence-corrected chi connectivity index (χ0v) is 26.3. The first kappa shape index (κ1) is 35.3. The van der Waals surface area contributed by atoms with Gasteiger partial charge in [-0.05, 0) is 12.8 Å². The molecule has 0 aromatic carbocycles. The Hall–Kier alpha value is -1.72. The van der Waals surface area contributed by atoms with Crippen LogP contribution in [-0.2, 0) is 0 Å². The molecule has 0 N–H and O–H groups in total. The fraction of sp³-hybridized carbons (Fsp3) is 0.824. The van der Waals surface area contributed by atoms with Gasteiger partial charge in [0.25, 0.3) is 0 Å². The van der Waals surface area contributed by atoms with E-state index >= 15 is 0 Å². The molecule has 0 saturated heterocycles. The van der Waals surface area contributed by atoms with Gasteiger partial charge in [0.05, 0.1) is 13.2 Å². The molecule has 0 spiro atoms. The third-order valence-electron chi connectivity index (χ3n) is 7.52. The number of thiophene rings is 1. The van der Waals surface area contributed by atoms with Crippen molar-refractivity contribution in [2.45, 2.75) is 168 Å². The van der Waals surface area contributed by atoms with Crippen molar-refractivity contribution in [3.8, 4) is 23.0 Å². The summed E-state index contributed by atoms with van der Waals surface area (Å²) in [6.45, 7) is 5.72. The maximum Gasteiger partial charge on any atom is 0.219 e. The summed E-state index contributed by atoms with van der Waals surface area (Å²) in [6.07, 6.45) is 31.3. The van der Waals surface area contributed by atoms with Crippen molar-refractivity contribution in [1.82, 2.24) is 0 Å². The molecule has 0 saturated carbocycles. The first-order valence-corrected chi connectivity index (χ1v) is 17.3. The second-order valence-electron chi connectivity index (χ2n) is 11.1. The Bertz CT molecular complexity index is 777. The van der Waals surface area contributed by atoms with Crippen molar-refractivity contribution in [1.29, 1.82) is 10.5 Å². The van der Waals surface area contributed by atoms with Crippen LogP contribution in [0.15, 0.2) is 0 Å². The van der Waals surface area contributed by atoms with Gasteiger partial charge >= 0.3 is 0 Å². The van der Waals surface area contributed by atoms with Gasteiger partial charge in [-0.1, -0.05) is 166 Å². The summed E-state index contributed by atoms with van der Waals surface area (Å²) in [5.41, 5.74) is 0.339. The monoisotopic (exact) mass is 558 g/mol. The van der Waals surface area contributed by atoms with E-state index in [0.717, 1.165) is 25.7 Å². The van der Waals surface area contributed by atoms with Crippen LogP contribution in [0, 0.1) is 22.7 Å². The van der Waals surface area contributed by atoms with E-state index in [4.69, 9.17) is 9.47 Å². The molecule has 0 fully saturated rings. The zero-order chi connectivity index (χ0) is 28.2. The zero-order valence-electron chi connectivity index (χ0n) is 25.5. The molecule has 0 bridgehead atoms. The van der Waals surface area contributed by atoms with Gasteiger partial charge in [-0.3, -0.25) is 0 Å². The minimum absolute atomic E-state index is 0.339. The lowest BCUT2D eigenvalue weighted by Gasteiger charge is -2.09. The highest BCUT2D eigenvalue weighted by molar-refractivity contribution is 7.15. The summed E-state index contributed by atoms with van der Waals surface area (Å²) < 4.78 is 12.0. The van der Waals surface area contributed by atoms with Gasteiger partial charge in [-0.15, -0.1) is 0 Å². The number of ether oxygens (including phenoxy) is 2. The normalized spacial score (nSPS) is 10.9. The van der Waals surface area contributed by atoms with E-state index in [2.05, 4.69) is 26.0 Å². The second-order valence-corrected chi connectivity index (χ2v) is 12.1. The predicted molar refractivity (Wildman–Crippen MR) is 167 cm³/mol. The summed E-state index contributed by atoms with van der Waals surface area (Å²) in [6, 6.07) is 4.31. The van der Waals surface area contributed by atoms with E-state index in [-0.39, 0.29) is 0 Å². The van der Waals surface area contributed by atoms with Crippen molar-refractivity contribution in [3.63, 3.8) is 0 Å². The number of hydrogen-bond acceptors (Lipinski definition) is 5. The van der Waals surface area contributed by atoms with Crippen molar-refractivity contribution in [2.75, 3.05) is 13.2 Å². The second kappa shape index (κ2) is 26.5. The highest BCUT2D eigenvalue weighted by Gasteiger charge is 2.21. The van der Waals surface area contributed by atoms with Crippen molar-refractivity contribution < 1.29 is 9.47 Å². The van der Waals surface area contributed by atoms with Gasteiger partial charge in [0.1, 0.15) is 22.6 Å². The van der Waals surface area contributed by atoms with E-state index < -0.39 is 0 Å². The molecule has 0 unspecified atom stereocenters. The Balaban J connectivity index is 2.17. The quantitative estimate of drug-likeness (QED) is 0.0959. The summed E-state index contributed by atoms with van der Waals surface area (Å²) >= 11 is 1.25. The van der Waals surface area contributed by atoms with Gasteiger partial charge < -0.3 is 9.47 Å². The van der Waals surface area contributed by atoms with Crippen LogP contribution in [0.5, 0.6) is 10.8 Å². The number of unbranched alkanes of at least 4 members (excludes halogenated alkanes) is 22. The highest BCUT2D eigenvalue weighted by Crippen LogP contribution is 2.42. The molecule has 4 nitrogen and oxygen atoms in total. The van der Waals surface area contributed by atoms with E-state index in [1.165, 1.54) is 140 Å². The first-order valence-electron chi connectivity index (χ1n) is 16.5. The smallest absolute Gasteiger partial charge is 0.219 e. The molecule has 0 atom stereocenters. The van der Waals surface area contributed by atoms with Gasteiger partial charge in [-0.2, -0.15) is 10.5 Å². The standard InChI is InChI=1S/C34H58N2O2S/c1-3-5-7-9-11-13-15-17-19-21-23-25-27-37-33-31(29-35)32(30-36)39-34(33)38-28-26-24-22-20-18-16-14-12-10-8-6-4-2/h3-28H2,1-2H3. The van der Waals surface area contributed by atoms with Crippen LogP contribution in [0.25, 0.3) is 0 Å². The maximum absolute atomic E-state index is 9.60. The van der Waals surface area contributed by atoms with Gasteiger partial charge in [0.15, 0.2) is 5.75 Å². The van der Waals surface area contributed by atoms with Crippen molar-refractivity contribution in [2.24, 2.45) is 0 Å². The van der Waals surface area contributed by atoms with E-state index in [1.54, 1.807) is 0 Å². The molecule has 0 aliphatic carbocycles. The number of hydrogen-bond donors (Lipinski definition) is 0. The Labute approximate surface area is 245 Å². The third kappa shape index (κ3) is 18.3. The molecule has 0 aliphatic rings. The van der Waals surface area contributed by atoms with Gasteiger partial charge in [0.2, 0.25) is 5.06 Å². The lowest BCUT2D eigenvalue weighted by atomic mass is 10.1. The minimum atomic E-state index is 0.339. The van der Waals surface area contributed by atoms with Crippen molar-refractivity contribution in [3.05, 3.63) is 10.4 Å². The average molecular weight is 559 g/mol. The van der Waals surface area contributed by atoms with Gasteiger partial charge in [0, 0.05) is 0 Å². The topological polar surface area (TPSA) is 66.0 Å². The molecule has 0 aliphatic heterocycles. The molecule has 222 valence electrons. The number of nitriles is 2. The first-order chi connectivity index (χ1) is 19.3. The fourth-order valence-electron chi connectivity index (χ4n) is 5.03. The Kier molecular flexibility index (Phi) is 24.0. The predicted octanol–water partition coefficient (Wildman–Crippen LogP) is 11.7. The molecule has 5 heteroatoms. The average Bonchev–Trinajstić information content (AvgIpc) is 3.30. The molecule has 0 amide bonds. The van der Waals surface area contributed by atoms with Crippen LogP contribution in [-0.4, -0.2) is 13.2 Å². The van der Waals surface area contributed by atoms with E-state index in [0.29, 0.717) is 34.5 Å². The summed E-state index contributed by atoms with van der Waals surface area (Å²) in [5.74, 6) is 0.487. The van der Waals surface area contributed by atoms with E-state index in [9.17, 15) is 10.5 Å². The lowest BCUT2D eigenvalue weighted by Crippen LogP contribution is -2.02. The van der Waals surface area contributed by atoms with Crippen LogP contribution >= 0.6 is 11.3 Å². The molecule has 39 heavy (non-hydrogen) atoms. The number of nitrogens with zero attached hydrogens (tertiary/aromatic N) is 2. The highest BCUT2D eigenvalue weighted by atomic mass is 32.1. The number of rotatable bonds is 28. The van der Waals surface area contributed by atoms with Crippen LogP contribution in [0.2, 0.25) is 0 Å². The molecule has 1 heterocycles. The molecule has 1 aromatic heterocycles. The molecular formula is C34H58N2O2S. The van der Waals surface area contributed by atoms with Crippen LogP contribution in [0.1, 0.15) is 178 Å². The third-order valence-corrected chi connectivity index (χ3v) is 8.51. The molecular weight excluding hydrogens is 500 g/mol. The SMILES string of the molecule is CCCCCCCCCCCCCCOc1sc(C#N)c(C#N)c1OCCCCCCCCCCCCCC. The van der Waals surface area contributed by atoms with E-state index in [1.807, 2.05) is 0 Å². The molecule has 0 radical (unpaired) electrons. The largest absolute Gasteiger partial charge is 0.488 e.